The normalized spacial score (nSPS) is 10.5. The van der Waals surface area contributed by atoms with Crippen LogP contribution in [0.15, 0.2) is 42.5 Å². The number of aromatic hydroxyl groups is 1. The van der Waals surface area contributed by atoms with Gasteiger partial charge in [-0.1, -0.05) is 35.9 Å². The van der Waals surface area contributed by atoms with E-state index >= 15 is 0 Å². The monoisotopic (exact) mass is 408 g/mol. The van der Waals surface area contributed by atoms with Crippen molar-refractivity contribution in [1.82, 2.24) is 4.98 Å². The molecule has 0 aliphatic rings. The van der Waals surface area contributed by atoms with Crippen LogP contribution in [0.1, 0.15) is 35.8 Å². The van der Waals surface area contributed by atoms with Crippen LogP contribution in [-0.4, -0.2) is 28.4 Å². The Morgan fingerprint density at radius 3 is 2.48 bits per heavy atom. The molecule has 3 aromatic rings. The van der Waals surface area contributed by atoms with Crippen molar-refractivity contribution in [3.8, 4) is 22.9 Å². The fraction of sp³-hybridized carbons (Fsp3) is 0.182. The molecule has 6 nitrogen and oxygen atoms in total. The van der Waals surface area contributed by atoms with E-state index in [-0.39, 0.29) is 30.7 Å². The van der Waals surface area contributed by atoms with E-state index in [4.69, 9.17) is 16.3 Å². The average molecular weight is 409 g/mol. The molecule has 0 fully saturated rings. The van der Waals surface area contributed by atoms with Gasteiger partial charge in [-0.15, -0.1) is 0 Å². The minimum Gasteiger partial charge on any atom is -0.504 e. The van der Waals surface area contributed by atoms with Crippen molar-refractivity contribution in [2.24, 2.45) is 0 Å². The van der Waals surface area contributed by atoms with Gasteiger partial charge in [0.25, 0.3) is 0 Å². The molecule has 1 aromatic heterocycles. The van der Waals surface area contributed by atoms with Crippen LogP contribution >= 0.6 is 11.6 Å². The van der Waals surface area contributed by atoms with Gasteiger partial charge in [0.05, 0.1) is 18.5 Å². The summed E-state index contributed by atoms with van der Waals surface area (Å²) >= 11 is 5.93. The number of ether oxygens (including phenoxy) is 1. The number of esters is 1. The van der Waals surface area contributed by atoms with Crippen molar-refractivity contribution in [2.45, 2.75) is 19.8 Å². The summed E-state index contributed by atoms with van der Waals surface area (Å²) in [5.74, 6) is -1.52. The number of aromatic nitrogens is 1. The van der Waals surface area contributed by atoms with E-state index in [9.17, 15) is 20.0 Å². The first kappa shape index (κ1) is 20.3. The fourth-order valence-corrected chi connectivity index (χ4v) is 3.08. The lowest BCUT2D eigenvalue weighted by atomic mass is 9.99. The number of halogens is 1. The number of hydrogen-bond acceptors (Lipinski definition) is 6. The Kier molecular flexibility index (Phi) is 6.10. The van der Waals surface area contributed by atoms with E-state index in [1.54, 1.807) is 37.3 Å². The first-order chi connectivity index (χ1) is 13.9. The highest BCUT2D eigenvalue weighted by atomic mass is 35.5. The zero-order valence-electron chi connectivity index (χ0n) is 15.6. The van der Waals surface area contributed by atoms with Crippen molar-refractivity contribution in [2.75, 3.05) is 6.61 Å². The molecule has 0 aliphatic carbocycles. The number of nitrogens with zero attached hydrogens (tertiary/aromatic N) is 2. The molecule has 1 N–H and O–H groups in total. The Morgan fingerprint density at radius 1 is 1.14 bits per heavy atom. The molecule has 0 unspecified atom stereocenters. The van der Waals surface area contributed by atoms with Gasteiger partial charge in [-0.3, -0.25) is 9.59 Å². The Morgan fingerprint density at radius 2 is 1.83 bits per heavy atom. The molecule has 0 saturated carbocycles. The van der Waals surface area contributed by atoms with Crippen LogP contribution in [0, 0.1) is 11.3 Å². The maximum atomic E-state index is 12.5. The largest absolute Gasteiger partial charge is 0.504 e. The Labute approximate surface area is 172 Å². The molecule has 29 heavy (non-hydrogen) atoms. The van der Waals surface area contributed by atoms with Gasteiger partial charge in [-0.25, -0.2) is 4.98 Å². The number of Topliss-reactive ketones (excluding diaryl/α,β-unsaturated/α-hetero) is 1. The van der Waals surface area contributed by atoms with Crippen LogP contribution in [0.25, 0.3) is 22.0 Å². The molecule has 7 heteroatoms. The summed E-state index contributed by atoms with van der Waals surface area (Å²) < 4.78 is 4.81. The summed E-state index contributed by atoms with van der Waals surface area (Å²) in [6, 6.07) is 14.4. The molecular weight excluding hydrogens is 392 g/mol. The summed E-state index contributed by atoms with van der Waals surface area (Å²) in [5.41, 5.74) is 1.84. The van der Waals surface area contributed by atoms with Gasteiger partial charge >= 0.3 is 5.97 Å². The lowest BCUT2D eigenvalue weighted by Crippen LogP contribution is -2.10. The summed E-state index contributed by atoms with van der Waals surface area (Å²) in [7, 11) is 0. The highest BCUT2D eigenvalue weighted by Crippen LogP contribution is 2.32. The summed E-state index contributed by atoms with van der Waals surface area (Å²) in [5, 5.41) is 20.9. The Bertz CT molecular complexity index is 1130. The van der Waals surface area contributed by atoms with E-state index in [1.807, 2.05) is 18.2 Å². The predicted octanol–water partition coefficient (Wildman–Crippen LogP) is 4.66. The number of ketones is 1. The van der Waals surface area contributed by atoms with Crippen LogP contribution in [-0.2, 0) is 9.53 Å². The minimum atomic E-state index is -0.536. The van der Waals surface area contributed by atoms with Crippen molar-refractivity contribution < 1.29 is 19.4 Å². The highest BCUT2D eigenvalue weighted by molar-refractivity contribution is 6.30. The smallest absolute Gasteiger partial charge is 0.306 e. The van der Waals surface area contributed by atoms with Crippen molar-refractivity contribution in [3.05, 3.63) is 58.7 Å². The number of hydrogen-bond donors (Lipinski definition) is 1. The molecule has 0 aliphatic heterocycles. The zero-order valence-corrected chi connectivity index (χ0v) is 16.4. The van der Waals surface area contributed by atoms with E-state index in [0.717, 1.165) is 11.1 Å². The Balaban J connectivity index is 2.03. The van der Waals surface area contributed by atoms with Crippen LogP contribution in [0.5, 0.6) is 5.75 Å². The number of nitriles is 1. The van der Waals surface area contributed by atoms with E-state index < -0.39 is 17.5 Å². The maximum absolute atomic E-state index is 12.5. The van der Waals surface area contributed by atoms with Gasteiger partial charge in [0.15, 0.2) is 11.5 Å². The third-order valence-corrected chi connectivity index (χ3v) is 4.63. The summed E-state index contributed by atoms with van der Waals surface area (Å²) in [6.07, 6.45) is -0.300. The van der Waals surface area contributed by atoms with Gasteiger partial charge < -0.3 is 9.84 Å². The van der Waals surface area contributed by atoms with Crippen LogP contribution in [0.2, 0.25) is 5.02 Å². The van der Waals surface area contributed by atoms with E-state index in [2.05, 4.69) is 4.98 Å². The third kappa shape index (κ3) is 4.36. The topological polar surface area (TPSA) is 100 Å². The van der Waals surface area contributed by atoms with Crippen LogP contribution in [0.3, 0.4) is 0 Å². The standard InChI is InChI=1S/C22H17ClN2O4/c1-2-29-20(27)10-9-19(26)21-22(28)17(12-24)16-8-5-14(11-18(16)25-21)13-3-6-15(23)7-4-13/h3-8,11,28H,2,9-10H2,1H3. The van der Waals surface area contributed by atoms with Crippen LogP contribution in [0.4, 0.5) is 0 Å². The number of carbonyl (C=O) groups is 2. The second kappa shape index (κ2) is 8.72. The molecule has 2 aromatic carbocycles. The molecular formula is C22H17ClN2O4. The fourth-order valence-electron chi connectivity index (χ4n) is 2.95. The molecule has 1 heterocycles. The zero-order chi connectivity index (χ0) is 21.0. The Hall–Kier alpha value is -3.43. The molecule has 0 amide bonds. The summed E-state index contributed by atoms with van der Waals surface area (Å²) in [6.45, 7) is 1.90. The lowest BCUT2D eigenvalue weighted by molar-refractivity contribution is -0.143. The molecule has 0 spiro atoms. The molecule has 0 radical (unpaired) electrons. The van der Waals surface area contributed by atoms with E-state index in [1.165, 1.54) is 0 Å². The van der Waals surface area contributed by atoms with Gasteiger partial charge in [0.1, 0.15) is 17.3 Å². The number of fused-ring (bicyclic) bond motifs is 1. The highest BCUT2D eigenvalue weighted by Gasteiger charge is 2.21. The SMILES string of the molecule is CCOC(=O)CCC(=O)c1nc2cc(-c3ccc(Cl)cc3)ccc2c(C#N)c1O. The van der Waals surface area contributed by atoms with Gasteiger partial charge in [0.2, 0.25) is 0 Å². The van der Waals surface area contributed by atoms with Gasteiger partial charge in [-0.2, -0.15) is 5.26 Å². The maximum Gasteiger partial charge on any atom is 0.306 e. The number of rotatable bonds is 6. The van der Waals surface area contributed by atoms with Gasteiger partial charge in [0, 0.05) is 16.8 Å². The third-order valence-electron chi connectivity index (χ3n) is 4.38. The number of pyridine rings is 1. The lowest BCUT2D eigenvalue weighted by Gasteiger charge is -2.10. The summed E-state index contributed by atoms with van der Waals surface area (Å²) in [4.78, 5) is 28.3. The van der Waals surface area contributed by atoms with Gasteiger partial charge in [-0.05, 0) is 36.2 Å². The second-order valence-electron chi connectivity index (χ2n) is 6.26. The van der Waals surface area contributed by atoms with Crippen molar-refractivity contribution in [3.63, 3.8) is 0 Å². The first-order valence-corrected chi connectivity index (χ1v) is 9.34. The quantitative estimate of drug-likeness (QED) is 0.470. The predicted molar refractivity (Wildman–Crippen MR) is 109 cm³/mol. The number of carbonyl (C=O) groups excluding carboxylic acids is 2. The van der Waals surface area contributed by atoms with E-state index in [0.29, 0.717) is 15.9 Å². The van der Waals surface area contributed by atoms with Crippen molar-refractivity contribution in [1.29, 1.82) is 5.26 Å². The molecule has 146 valence electrons. The first-order valence-electron chi connectivity index (χ1n) is 8.96. The second-order valence-corrected chi connectivity index (χ2v) is 6.70. The van der Waals surface area contributed by atoms with Crippen molar-refractivity contribution >= 4 is 34.3 Å². The number of benzene rings is 2. The average Bonchev–Trinajstić information content (AvgIpc) is 2.72. The minimum absolute atomic E-state index is 0.0304. The molecule has 0 bridgehead atoms. The van der Waals surface area contributed by atoms with Crippen LogP contribution < -0.4 is 0 Å². The molecule has 3 rings (SSSR count). The molecule has 0 saturated heterocycles. The molecule has 0 atom stereocenters.